The van der Waals surface area contributed by atoms with Crippen molar-refractivity contribution in [2.45, 2.75) is 38.8 Å². The van der Waals surface area contributed by atoms with Gasteiger partial charge in [-0.25, -0.2) is 14.8 Å². The number of carbonyl (C=O) groups is 1. The Bertz CT molecular complexity index is 1790. The second kappa shape index (κ2) is 12.2. The maximum absolute atomic E-state index is 13.7. The Kier molecular flexibility index (Phi) is 8.28. The van der Waals surface area contributed by atoms with Gasteiger partial charge in [0.15, 0.2) is 0 Å². The van der Waals surface area contributed by atoms with Gasteiger partial charge in [0.1, 0.15) is 27.7 Å². The van der Waals surface area contributed by atoms with Gasteiger partial charge in [-0.15, -0.1) is 11.3 Å². The van der Waals surface area contributed by atoms with Crippen LogP contribution in [0.15, 0.2) is 53.0 Å². The lowest BCUT2D eigenvalue weighted by Gasteiger charge is -2.22. The minimum absolute atomic E-state index is 0.173. The first kappa shape index (κ1) is 28.4. The van der Waals surface area contributed by atoms with Crippen LogP contribution in [0.1, 0.15) is 46.0 Å². The average Bonchev–Trinajstić information content (AvgIpc) is 3.69. The number of nitrogens with zero attached hydrogens (tertiary/aromatic N) is 3. The molecule has 11 heteroatoms. The van der Waals surface area contributed by atoms with Gasteiger partial charge >= 0.3 is 5.97 Å². The number of hydrogen-bond acceptors (Lipinski definition) is 8. The summed E-state index contributed by atoms with van der Waals surface area (Å²) in [5, 5.41) is 0.946. The first-order valence-electron chi connectivity index (χ1n) is 13.7. The minimum Gasteiger partial charge on any atom is -0.473 e. The summed E-state index contributed by atoms with van der Waals surface area (Å²) in [6, 6.07) is 11.7. The third-order valence-corrected chi connectivity index (χ3v) is 8.86. The monoisotopic (exact) mass is 609 g/mol. The molecule has 5 aromatic rings. The van der Waals surface area contributed by atoms with Crippen molar-refractivity contribution < 1.29 is 27.8 Å². The van der Waals surface area contributed by atoms with Crippen LogP contribution in [0.4, 0.5) is 4.39 Å². The summed E-state index contributed by atoms with van der Waals surface area (Å²) in [5.74, 6) is 1.58. The molecule has 0 radical (unpaired) electrons. The van der Waals surface area contributed by atoms with Crippen LogP contribution >= 0.6 is 22.9 Å². The highest BCUT2D eigenvalue weighted by atomic mass is 35.5. The number of methoxy groups -OCH3 is 2. The first-order valence-corrected chi connectivity index (χ1v) is 14.8. The Hall–Kier alpha value is -3.73. The zero-order valence-electron chi connectivity index (χ0n) is 23.2. The fourth-order valence-corrected chi connectivity index (χ4v) is 6.54. The molecular weight excluding hydrogens is 581 g/mol. The number of aromatic nitrogens is 3. The maximum Gasteiger partial charge on any atom is 0.348 e. The van der Waals surface area contributed by atoms with Crippen molar-refractivity contribution >= 4 is 55.8 Å². The summed E-state index contributed by atoms with van der Waals surface area (Å²) in [6.45, 7) is 1.40. The summed E-state index contributed by atoms with van der Waals surface area (Å²) in [7, 11) is 3.07. The van der Waals surface area contributed by atoms with E-state index in [1.54, 1.807) is 19.2 Å². The number of pyridine rings is 1. The standard InChI is InChI=1S/C31H29ClFN3O5S/c1-38-13-12-36-24-16-25(31(37)39-2)42-30(24)35-27(36)14-18-6-8-19(9-7-18)23-4-3-5-28(34-23)40-17-20-10-11-22(32)21-15-26(33)41-29(20)21/h3-5,8,10-11,15-16,18H,6-7,9,12-14,17H2,1-2H3. The quantitative estimate of drug-likeness (QED) is 0.152. The number of benzene rings is 1. The molecule has 0 amide bonds. The minimum atomic E-state index is -0.687. The first-order chi connectivity index (χ1) is 20.4. The molecule has 0 aliphatic heterocycles. The number of furan rings is 1. The smallest absolute Gasteiger partial charge is 0.348 e. The van der Waals surface area contributed by atoms with Crippen LogP contribution in [0.5, 0.6) is 5.88 Å². The number of imidazole rings is 1. The lowest BCUT2D eigenvalue weighted by Crippen LogP contribution is -2.15. The highest BCUT2D eigenvalue weighted by Crippen LogP contribution is 2.34. The van der Waals surface area contributed by atoms with Crippen molar-refractivity contribution in [2.75, 3.05) is 20.8 Å². The van der Waals surface area contributed by atoms with E-state index in [1.165, 1.54) is 30.1 Å². The van der Waals surface area contributed by atoms with Gasteiger partial charge in [-0.2, -0.15) is 4.39 Å². The van der Waals surface area contributed by atoms with Crippen molar-refractivity contribution in [3.05, 3.63) is 81.5 Å². The number of esters is 1. The van der Waals surface area contributed by atoms with Gasteiger partial charge in [-0.1, -0.05) is 29.8 Å². The largest absolute Gasteiger partial charge is 0.473 e. The molecule has 1 aliphatic carbocycles. The molecule has 1 atom stereocenters. The summed E-state index contributed by atoms with van der Waals surface area (Å²) in [5.41, 5.74) is 4.08. The SMILES string of the molecule is COCCn1c(CC2CC=C(c3cccc(OCc4ccc(Cl)c5cc(F)oc45)n3)CC2)nc2sc(C(=O)OC)cc21. The molecule has 0 saturated heterocycles. The Morgan fingerprint density at radius 3 is 2.88 bits per heavy atom. The summed E-state index contributed by atoms with van der Waals surface area (Å²) in [6.07, 6.45) is 5.90. The molecule has 1 aromatic carbocycles. The van der Waals surface area contributed by atoms with Crippen LogP contribution in [0.3, 0.4) is 0 Å². The lowest BCUT2D eigenvalue weighted by molar-refractivity contribution is 0.0606. The predicted octanol–water partition coefficient (Wildman–Crippen LogP) is 7.47. The van der Waals surface area contributed by atoms with E-state index < -0.39 is 6.01 Å². The van der Waals surface area contributed by atoms with E-state index in [-0.39, 0.29) is 12.6 Å². The van der Waals surface area contributed by atoms with E-state index in [2.05, 4.69) is 10.6 Å². The van der Waals surface area contributed by atoms with Gasteiger partial charge in [0.05, 0.1) is 29.9 Å². The molecule has 218 valence electrons. The normalized spacial score (nSPS) is 15.3. The van der Waals surface area contributed by atoms with E-state index >= 15 is 0 Å². The molecule has 0 saturated carbocycles. The van der Waals surface area contributed by atoms with Gasteiger partial charge in [0.25, 0.3) is 6.01 Å². The van der Waals surface area contributed by atoms with Crippen LogP contribution in [0, 0.1) is 11.9 Å². The predicted molar refractivity (Wildman–Crippen MR) is 160 cm³/mol. The number of allylic oxidation sites excluding steroid dienone is 2. The zero-order valence-corrected chi connectivity index (χ0v) is 24.8. The number of ether oxygens (including phenoxy) is 3. The Labute approximate surface area is 250 Å². The number of hydrogen-bond donors (Lipinski definition) is 0. The lowest BCUT2D eigenvalue weighted by atomic mass is 9.86. The molecule has 4 heterocycles. The van der Waals surface area contributed by atoms with Gasteiger partial charge in [-0.05, 0) is 49.0 Å². The highest BCUT2D eigenvalue weighted by molar-refractivity contribution is 7.20. The number of rotatable bonds is 10. The van der Waals surface area contributed by atoms with Crippen molar-refractivity contribution in [1.29, 1.82) is 0 Å². The Morgan fingerprint density at radius 1 is 1.21 bits per heavy atom. The molecule has 0 spiro atoms. The van der Waals surface area contributed by atoms with E-state index in [1.807, 2.05) is 24.3 Å². The molecule has 1 aliphatic rings. The molecule has 1 unspecified atom stereocenters. The van der Waals surface area contributed by atoms with Crippen LogP contribution in [-0.2, 0) is 29.0 Å². The van der Waals surface area contributed by atoms with Gasteiger partial charge in [-0.3, -0.25) is 0 Å². The average molecular weight is 610 g/mol. The molecule has 0 bridgehead atoms. The van der Waals surface area contributed by atoms with Crippen LogP contribution in [-0.4, -0.2) is 41.3 Å². The number of carbonyl (C=O) groups excluding carboxylic acids is 1. The molecule has 0 N–H and O–H groups in total. The van der Waals surface area contributed by atoms with Crippen molar-refractivity contribution in [1.82, 2.24) is 14.5 Å². The maximum atomic E-state index is 13.7. The number of halogens is 2. The molecular formula is C31H29ClFN3O5S. The molecule has 42 heavy (non-hydrogen) atoms. The Balaban J connectivity index is 1.13. The van der Waals surface area contributed by atoms with Gasteiger partial charge in [0, 0.05) is 43.2 Å². The van der Waals surface area contributed by atoms with Crippen molar-refractivity contribution in [3.63, 3.8) is 0 Å². The molecule has 6 rings (SSSR count). The van der Waals surface area contributed by atoms with Gasteiger partial charge in [0.2, 0.25) is 5.88 Å². The second-order valence-electron chi connectivity index (χ2n) is 10.2. The van der Waals surface area contributed by atoms with Crippen molar-refractivity contribution in [3.8, 4) is 5.88 Å². The summed E-state index contributed by atoms with van der Waals surface area (Å²) in [4.78, 5) is 23.0. The number of thiophene rings is 1. The molecule has 0 fully saturated rings. The summed E-state index contributed by atoms with van der Waals surface area (Å²) < 4.78 is 37.3. The summed E-state index contributed by atoms with van der Waals surface area (Å²) >= 11 is 7.53. The van der Waals surface area contributed by atoms with Crippen LogP contribution in [0.2, 0.25) is 5.02 Å². The fraction of sp³-hybridized carbons (Fsp3) is 0.323. The highest BCUT2D eigenvalue weighted by Gasteiger charge is 2.23. The Morgan fingerprint density at radius 2 is 2.10 bits per heavy atom. The number of fused-ring (bicyclic) bond motifs is 2. The zero-order chi connectivity index (χ0) is 29.2. The van der Waals surface area contributed by atoms with E-state index in [0.717, 1.165) is 47.5 Å². The third-order valence-electron chi connectivity index (χ3n) is 7.53. The van der Waals surface area contributed by atoms with E-state index in [9.17, 15) is 9.18 Å². The van der Waals surface area contributed by atoms with Gasteiger partial charge < -0.3 is 23.2 Å². The third kappa shape index (κ3) is 5.79. The van der Waals surface area contributed by atoms with Crippen LogP contribution < -0.4 is 4.74 Å². The van der Waals surface area contributed by atoms with Crippen LogP contribution in [0.25, 0.3) is 26.9 Å². The molecule has 4 aromatic heterocycles. The fourth-order valence-electron chi connectivity index (χ4n) is 5.37. The molecule has 8 nitrogen and oxygen atoms in total. The topological polar surface area (TPSA) is 88.6 Å². The second-order valence-corrected chi connectivity index (χ2v) is 11.6. The van der Waals surface area contributed by atoms with E-state index in [4.69, 9.17) is 40.2 Å². The van der Waals surface area contributed by atoms with E-state index in [0.29, 0.717) is 51.4 Å². The van der Waals surface area contributed by atoms with Crippen molar-refractivity contribution in [2.24, 2.45) is 5.92 Å².